The highest BCUT2D eigenvalue weighted by Crippen LogP contribution is 2.34. The van der Waals surface area contributed by atoms with Crippen molar-refractivity contribution in [3.63, 3.8) is 0 Å². The van der Waals surface area contributed by atoms with E-state index in [0.717, 1.165) is 10.9 Å². The van der Waals surface area contributed by atoms with Gasteiger partial charge in [-0.2, -0.15) is 5.26 Å². The summed E-state index contributed by atoms with van der Waals surface area (Å²) in [7, 11) is 0. The number of hydrogen-bond donors (Lipinski definition) is 2. The summed E-state index contributed by atoms with van der Waals surface area (Å²) in [5, 5.41) is 15.9. The van der Waals surface area contributed by atoms with E-state index in [-0.39, 0.29) is 17.7 Å². The smallest absolute Gasteiger partial charge is 0.251 e. The van der Waals surface area contributed by atoms with Crippen LogP contribution in [-0.4, -0.2) is 28.0 Å². The Balaban J connectivity index is 1.76. The fraction of sp³-hybridized carbons (Fsp3) is 0.500. The molecule has 1 aliphatic carbocycles. The Morgan fingerprint density at radius 3 is 2.50 bits per heavy atom. The minimum Gasteiger partial charge on any atom is -0.345 e. The Hall–Kier alpha value is -2.81. The molecule has 1 fully saturated rings. The molecule has 0 bridgehead atoms. The summed E-state index contributed by atoms with van der Waals surface area (Å²) >= 11 is 0. The zero-order valence-electron chi connectivity index (χ0n) is 17.0. The minimum absolute atomic E-state index is 0.232. The number of hydrogen-bond acceptors (Lipinski definition) is 3. The molecule has 6 heteroatoms. The van der Waals surface area contributed by atoms with E-state index in [9.17, 15) is 14.9 Å². The van der Waals surface area contributed by atoms with Crippen molar-refractivity contribution in [1.82, 2.24) is 15.2 Å². The fourth-order valence-corrected chi connectivity index (χ4v) is 3.41. The van der Waals surface area contributed by atoms with Crippen LogP contribution in [0.3, 0.4) is 0 Å². The number of nitriles is 1. The third kappa shape index (κ3) is 4.19. The first-order valence-electron chi connectivity index (χ1n) is 9.89. The number of fused-ring (bicyclic) bond motifs is 1. The van der Waals surface area contributed by atoms with Crippen LogP contribution in [0.15, 0.2) is 30.5 Å². The molecule has 6 nitrogen and oxygen atoms in total. The van der Waals surface area contributed by atoms with Gasteiger partial charge in [0, 0.05) is 28.7 Å². The molecule has 0 saturated heterocycles. The van der Waals surface area contributed by atoms with Crippen molar-refractivity contribution in [3.8, 4) is 6.07 Å². The second kappa shape index (κ2) is 7.67. The molecule has 2 aromatic rings. The van der Waals surface area contributed by atoms with E-state index in [1.165, 1.54) is 0 Å². The van der Waals surface area contributed by atoms with Crippen molar-refractivity contribution in [2.45, 2.75) is 64.6 Å². The van der Waals surface area contributed by atoms with Crippen LogP contribution in [0.4, 0.5) is 0 Å². The first-order chi connectivity index (χ1) is 13.2. The van der Waals surface area contributed by atoms with Crippen LogP contribution in [0.5, 0.6) is 0 Å². The van der Waals surface area contributed by atoms with E-state index in [4.69, 9.17) is 0 Å². The van der Waals surface area contributed by atoms with Crippen LogP contribution in [0.1, 0.15) is 63.4 Å². The van der Waals surface area contributed by atoms with Gasteiger partial charge in [0.25, 0.3) is 5.91 Å². The maximum absolute atomic E-state index is 12.8. The number of benzene rings is 1. The predicted octanol–water partition coefficient (Wildman–Crippen LogP) is 3.54. The number of aromatic nitrogens is 1. The van der Waals surface area contributed by atoms with Crippen molar-refractivity contribution in [2.75, 3.05) is 0 Å². The normalized spacial score (nSPS) is 16.0. The lowest BCUT2D eigenvalue weighted by Gasteiger charge is -2.22. The Labute approximate surface area is 165 Å². The number of nitrogens with zero attached hydrogens (tertiary/aromatic N) is 2. The SMILES string of the molecule is CC(C)CC(NC(=O)c1ccc2c(ccn2C(C)C)c1)C(=O)NC1(C#N)CC1. The Morgan fingerprint density at radius 2 is 1.93 bits per heavy atom. The zero-order valence-corrected chi connectivity index (χ0v) is 17.0. The average molecular weight is 380 g/mol. The molecule has 1 aromatic carbocycles. The third-order valence-corrected chi connectivity index (χ3v) is 5.19. The van der Waals surface area contributed by atoms with Gasteiger partial charge in [-0.15, -0.1) is 0 Å². The summed E-state index contributed by atoms with van der Waals surface area (Å²) in [5.41, 5.74) is 0.861. The molecule has 1 heterocycles. The Kier molecular flexibility index (Phi) is 5.46. The number of carbonyl (C=O) groups excluding carboxylic acids is 2. The molecule has 0 radical (unpaired) electrons. The molecule has 0 aliphatic heterocycles. The molecule has 1 atom stereocenters. The van der Waals surface area contributed by atoms with Gasteiger partial charge in [0.2, 0.25) is 5.91 Å². The topological polar surface area (TPSA) is 86.9 Å². The first-order valence-corrected chi connectivity index (χ1v) is 9.89. The van der Waals surface area contributed by atoms with Crippen molar-refractivity contribution < 1.29 is 9.59 Å². The van der Waals surface area contributed by atoms with Crippen molar-refractivity contribution in [1.29, 1.82) is 5.26 Å². The van der Waals surface area contributed by atoms with Gasteiger partial charge >= 0.3 is 0 Å². The number of rotatable bonds is 7. The Bertz CT molecular complexity index is 932. The van der Waals surface area contributed by atoms with E-state index in [1.54, 1.807) is 6.07 Å². The maximum Gasteiger partial charge on any atom is 0.251 e. The van der Waals surface area contributed by atoms with E-state index in [1.807, 2.05) is 38.2 Å². The highest BCUT2D eigenvalue weighted by molar-refractivity contribution is 6.00. The number of amides is 2. The molecule has 1 aliphatic rings. The van der Waals surface area contributed by atoms with Crippen molar-refractivity contribution >= 4 is 22.7 Å². The molecule has 148 valence electrons. The minimum atomic E-state index is -0.740. The van der Waals surface area contributed by atoms with Crippen LogP contribution in [-0.2, 0) is 4.79 Å². The predicted molar refractivity (Wildman–Crippen MR) is 109 cm³/mol. The third-order valence-electron chi connectivity index (χ3n) is 5.19. The summed E-state index contributed by atoms with van der Waals surface area (Å²) in [6.45, 7) is 8.24. The lowest BCUT2D eigenvalue weighted by Crippen LogP contribution is -2.50. The monoisotopic (exact) mass is 380 g/mol. The lowest BCUT2D eigenvalue weighted by atomic mass is 10.0. The van der Waals surface area contributed by atoms with Crippen LogP contribution < -0.4 is 10.6 Å². The summed E-state index contributed by atoms with van der Waals surface area (Å²) in [5.74, 6) is -0.328. The molecule has 2 amide bonds. The summed E-state index contributed by atoms with van der Waals surface area (Å²) in [6.07, 6.45) is 3.87. The maximum atomic E-state index is 12.8. The van der Waals surface area contributed by atoms with Crippen LogP contribution in [0.25, 0.3) is 10.9 Å². The highest BCUT2D eigenvalue weighted by atomic mass is 16.2. The standard InChI is InChI=1S/C22H28N4O2/c1-14(2)11-18(21(28)25-22(13-23)8-9-22)24-20(27)17-5-6-19-16(12-17)7-10-26(19)15(3)4/h5-7,10,12,14-15,18H,8-9,11H2,1-4H3,(H,24,27)(H,25,28). The number of nitrogens with one attached hydrogen (secondary N) is 2. The van der Waals surface area contributed by atoms with Gasteiger partial charge in [-0.25, -0.2) is 0 Å². The molecule has 1 unspecified atom stereocenters. The van der Waals surface area contributed by atoms with Gasteiger partial charge in [-0.3, -0.25) is 9.59 Å². The van der Waals surface area contributed by atoms with Crippen LogP contribution in [0.2, 0.25) is 0 Å². The van der Waals surface area contributed by atoms with Gasteiger partial charge in [0.15, 0.2) is 0 Å². The molecule has 3 rings (SSSR count). The fourth-order valence-electron chi connectivity index (χ4n) is 3.41. The summed E-state index contributed by atoms with van der Waals surface area (Å²) in [4.78, 5) is 25.5. The second-order valence-corrected chi connectivity index (χ2v) is 8.43. The van der Waals surface area contributed by atoms with Crippen molar-refractivity contribution in [2.24, 2.45) is 5.92 Å². The summed E-state index contributed by atoms with van der Waals surface area (Å²) < 4.78 is 2.16. The highest BCUT2D eigenvalue weighted by Gasteiger charge is 2.45. The quantitative estimate of drug-likeness (QED) is 0.770. The number of carbonyl (C=O) groups is 2. The van der Waals surface area contributed by atoms with E-state index < -0.39 is 11.6 Å². The molecule has 1 saturated carbocycles. The van der Waals surface area contributed by atoms with Crippen LogP contribution >= 0.6 is 0 Å². The Morgan fingerprint density at radius 1 is 1.21 bits per heavy atom. The first kappa shape index (κ1) is 19.9. The second-order valence-electron chi connectivity index (χ2n) is 8.43. The molecular formula is C22H28N4O2. The van der Waals surface area contributed by atoms with E-state index in [2.05, 4.69) is 35.1 Å². The summed E-state index contributed by atoms with van der Waals surface area (Å²) in [6, 6.07) is 9.42. The van der Waals surface area contributed by atoms with Gasteiger partial charge < -0.3 is 15.2 Å². The zero-order chi connectivity index (χ0) is 20.5. The molecule has 0 spiro atoms. The van der Waals surface area contributed by atoms with E-state index >= 15 is 0 Å². The lowest BCUT2D eigenvalue weighted by molar-refractivity contribution is -0.123. The van der Waals surface area contributed by atoms with Crippen molar-refractivity contribution in [3.05, 3.63) is 36.0 Å². The van der Waals surface area contributed by atoms with Gasteiger partial charge in [-0.1, -0.05) is 13.8 Å². The molecule has 2 N–H and O–H groups in total. The molecular weight excluding hydrogens is 352 g/mol. The van der Waals surface area contributed by atoms with Crippen LogP contribution in [0, 0.1) is 17.2 Å². The molecule has 1 aromatic heterocycles. The van der Waals surface area contributed by atoms with E-state index in [0.29, 0.717) is 30.9 Å². The average Bonchev–Trinajstić information content (AvgIpc) is 3.28. The van der Waals surface area contributed by atoms with Gasteiger partial charge in [-0.05, 0) is 63.3 Å². The molecule has 28 heavy (non-hydrogen) atoms. The van der Waals surface area contributed by atoms with Gasteiger partial charge in [0.1, 0.15) is 11.6 Å². The van der Waals surface area contributed by atoms with Gasteiger partial charge in [0.05, 0.1) is 6.07 Å². The largest absolute Gasteiger partial charge is 0.345 e.